The van der Waals surface area contributed by atoms with E-state index in [0.717, 1.165) is 11.6 Å². The van der Waals surface area contributed by atoms with Gasteiger partial charge in [-0.25, -0.2) is 4.39 Å². The highest BCUT2D eigenvalue weighted by molar-refractivity contribution is 5.57. The van der Waals surface area contributed by atoms with Gasteiger partial charge in [0.1, 0.15) is 11.6 Å². The number of halogens is 1. The summed E-state index contributed by atoms with van der Waals surface area (Å²) in [5.74, 6) is 1.28. The Balaban J connectivity index is 1.98. The summed E-state index contributed by atoms with van der Waals surface area (Å²) < 4.78 is 18.9. The number of hydrogen-bond donors (Lipinski definition) is 1. The Hall–Kier alpha value is -1.25. The Morgan fingerprint density at radius 2 is 2.05 bits per heavy atom. The SMILES string of the molecule is CCCC1CCCC(Nc2ccc(F)cc2OCC)CC1. The van der Waals surface area contributed by atoms with Crippen molar-refractivity contribution in [2.75, 3.05) is 11.9 Å². The zero-order valence-electron chi connectivity index (χ0n) is 13.3. The molecule has 2 nitrogen and oxygen atoms in total. The first kappa shape index (κ1) is 16.1. The molecule has 0 aromatic heterocycles. The summed E-state index contributed by atoms with van der Waals surface area (Å²) in [6.07, 6.45) is 8.98. The number of ether oxygens (including phenoxy) is 1. The van der Waals surface area contributed by atoms with Crippen LogP contribution in [0.2, 0.25) is 0 Å². The summed E-state index contributed by atoms with van der Waals surface area (Å²) in [6.45, 7) is 4.75. The number of hydrogen-bond acceptors (Lipinski definition) is 2. The highest BCUT2D eigenvalue weighted by Gasteiger charge is 2.19. The fourth-order valence-electron chi connectivity index (χ4n) is 3.33. The van der Waals surface area contributed by atoms with Crippen LogP contribution in [0.1, 0.15) is 58.8 Å². The zero-order valence-corrected chi connectivity index (χ0v) is 13.3. The summed E-state index contributed by atoms with van der Waals surface area (Å²) in [5.41, 5.74) is 0.928. The average molecular weight is 293 g/mol. The molecule has 1 aromatic carbocycles. The molecule has 2 atom stereocenters. The van der Waals surface area contributed by atoms with E-state index in [2.05, 4.69) is 12.2 Å². The van der Waals surface area contributed by atoms with Crippen LogP contribution in [0.15, 0.2) is 18.2 Å². The van der Waals surface area contributed by atoms with Gasteiger partial charge in [0.15, 0.2) is 0 Å². The highest BCUT2D eigenvalue weighted by atomic mass is 19.1. The Labute approximate surface area is 128 Å². The lowest BCUT2D eigenvalue weighted by molar-refractivity contribution is 0.339. The van der Waals surface area contributed by atoms with Crippen LogP contribution in [0.5, 0.6) is 5.75 Å². The monoisotopic (exact) mass is 293 g/mol. The molecule has 1 aliphatic rings. The molecule has 1 N–H and O–H groups in total. The van der Waals surface area contributed by atoms with Crippen molar-refractivity contribution in [2.45, 2.75) is 64.8 Å². The molecule has 1 aliphatic carbocycles. The quantitative estimate of drug-likeness (QED) is 0.710. The zero-order chi connectivity index (χ0) is 15.1. The molecule has 0 aliphatic heterocycles. The van der Waals surface area contributed by atoms with Crippen LogP contribution in [0.4, 0.5) is 10.1 Å². The van der Waals surface area contributed by atoms with Gasteiger partial charge in [-0.2, -0.15) is 0 Å². The van der Waals surface area contributed by atoms with Crippen molar-refractivity contribution in [3.63, 3.8) is 0 Å². The minimum absolute atomic E-state index is 0.243. The third kappa shape index (κ3) is 4.90. The summed E-state index contributed by atoms with van der Waals surface area (Å²) in [6, 6.07) is 5.26. The fourth-order valence-corrected chi connectivity index (χ4v) is 3.33. The second-order valence-electron chi connectivity index (χ2n) is 6.08. The number of rotatable bonds is 6. The van der Waals surface area contributed by atoms with Gasteiger partial charge >= 0.3 is 0 Å². The van der Waals surface area contributed by atoms with Crippen molar-refractivity contribution < 1.29 is 9.13 Å². The Morgan fingerprint density at radius 1 is 1.19 bits per heavy atom. The normalized spacial score (nSPS) is 22.6. The van der Waals surface area contributed by atoms with Crippen molar-refractivity contribution in [3.05, 3.63) is 24.0 Å². The maximum absolute atomic E-state index is 13.3. The minimum atomic E-state index is -0.243. The third-order valence-electron chi connectivity index (χ3n) is 4.39. The first-order valence-corrected chi connectivity index (χ1v) is 8.41. The topological polar surface area (TPSA) is 21.3 Å². The second-order valence-corrected chi connectivity index (χ2v) is 6.08. The summed E-state index contributed by atoms with van der Waals surface area (Å²) in [4.78, 5) is 0. The van der Waals surface area contributed by atoms with Crippen molar-refractivity contribution in [1.82, 2.24) is 0 Å². The van der Waals surface area contributed by atoms with Crippen molar-refractivity contribution in [2.24, 2.45) is 5.92 Å². The van der Waals surface area contributed by atoms with Crippen LogP contribution in [-0.4, -0.2) is 12.6 Å². The second kappa shape index (κ2) is 8.26. The largest absolute Gasteiger partial charge is 0.492 e. The molecule has 2 unspecified atom stereocenters. The standard InChI is InChI=1S/C18H28FNO/c1-3-6-14-7-5-8-16(11-9-14)20-17-12-10-15(19)13-18(17)21-4-2/h10,12-14,16,20H,3-9,11H2,1-2H3. The molecule has 0 saturated heterocycles. The molecule has 0 bridgehead atoms. The van der Waals surface area contributed by atoms with E-state index in [0.29, 0.717) is 18.4 Å². The van der Waals surface area contributed by atoms with Crippen molar-refractivity contribution in [1.29, 1.82) is 0 Å². The lowest BCUT2D eigenvalue weighted by Crippen LogP contribution is -2.19. The minimum Gasteiger partial charge on any atom is -0.492 e. The van der Waals surface area contributed by atoms with E-state index in [-0.39, 0.29) is 5.82 Å². The van der Waals surface area contributed by atoms with Gasteiger partial charge in [-0.1, -0.05) is 32.6 Å². The number of anilines is 1. The Kier molecular flexibility index (Phi) is 6.34. The van der Waals surface area contributed by atoms with Gasteiger partial charge in [0.25, 0.3) is 0 Å². The average Bonchev–Trinajstić information content (AvgIpc) is 2.68. The highest BCUT2D eigenvalue weighted by Crippen LogP contribution is 2.31. The van der Waals surface area contributed by atoms with E-state index >= 15 is 0 Å². The van der Waals surface area contributed by atoms with Gasteiger partial charge in [-0.15, -0.1) is 0 Å². The lowest BCUT2D eigenvalue weighted by Gasteiger charge is -2.20. The predicted molar refractivity (Wildman–Crippen MR) is 86.5 cm³/mol. The van der Waals surface area contributed by atoms with Crippen LogP contribution >= 0.6 is 0 Å². The molecule has 0 amide bonds. The van der Waals surface area contributed by atoms with Gasteiger partial charge < -0.3 is 10.1 Å². The van der Waals surface area contributed by atoms with Crippen LogP contribution in [-0.2, 0) is 0 Å². The van der Waals surface area contributed by atoms with Crippen LogP contribution in [0, 0.1) is 11.7 Å². The molecule has 118 valence electrons. The first-order chi connectivity index (χ1) is 10.2. The van der Waals surface area contributed by atoms with E-state index in [1.165, 1.54) is 57.1 Å². The summed E-state index contributed by atoms with van der Waals surface area (Å²) >= 11 is 0. The number of benzene rings is 1. The van der Waals surface area contributed by atoms with Gasteiger partial charge in [0, 0.05) is 12.1 Å². The molecular formula is C18H28FNO. The fraction of sp³-hybridized carbons (Fsp3) is 0.667. The van der Waals surface area contributed by atoms with Gasteiger partial charge in [0.2, 0.25) is 0 Å². The molecule has 0 radical (unpaired) electrons. The van der Waals surface area contributed by atoms with E-state index < -0.39 is 0 Å². The molecule has 3 heteroatoms. The van der Waals surface area contributed by atoms with Gasteiger partial charge in [0.05, 0.1) is 12.3 Å². The summed E-state index contributed by atoms with van der Waals surface area (Å²) in [7, 11) is 0. The van der Waals surface area contributed by atoms with E-state index in [4.69, 9.17) is 4.74 Å². The third-order valence-corrected chi connectivity index (χ3v) is 4.39. The molecule has 1 fully saturated rings. The maximum atomic E-state index is 13.3. The Morgan fingerprint density at radius 3 is 2.81 bits per heavy atom. The molecule has 0 heterocycles. The van der Waals surface area contributed by atoms with Gasteiger partial charge in [-0.3, -0.25) is 0 Å². The maximum Gasteiger partial charge on any atom is 0.145 e. The van der Waals surface area contributed by atoms with E-state index in [9.17, 15) is 4.39 Å². The van der Waals surface area contributed by atoms with Crippen molar-refractivity contribution >= 4 is 5.69 Å². The van der Waals surface area contributed by atoms with Gasteiger partial charge in [-0.05, 0) is 44.2 Å². The Bertz CT molecular complexity index is 435. The molecule has 0 spiro atoms. The molecule has 21 heavy (non-hydrogen) atoms. The molecular weight excluding hydrogens is 265 g/mol. The van der Waals surface area contributed by atoms with Crippen LogP contribution < -0.4 is 10.1 Å². The number of nitrogens with one attached hydrogen (secondary N) is 1. The smallest absolute Gasteiger partial charge is 0.145 e. The van der Waals surface area contributed by atoms with Crippen LogP contribution in [0.25, 0.3) is 0 Å². The molecule has 2 rings (SSSR count). The molecule has 1 saturated carbocycles. The lowest BCUT2D eigenvalue weighted by atomic mass is 9.95. The summed E-state index contributed by atoms with van der Waals surface area (Å²) in [5, 5.41) is 3.57. The molecule has 1 aromatic rings. The van der Waals surface area contributed by atoms with Crippen LogP contribution in [0.3, 0.4) is 0 Å². The van der Waals surface area contributed by atoms with Crippen molar-refractivity contribution in [3.8, 4) is 5.75 Å². The van der Waals surface area contributed by atoms with E-state index in [1.54, 1.807) is 6.07 Å². The van der Waals surface area contributed by atoms with E-state index in [1.807, 2.05) is 6.92 Å². The first-order valence-electron chi connectivity index (χ1n) is 8.41. The predicted octanol–water partition coefficient (Wildman–Crippen LogP) is 5.39.